The van der Waals surface area contributed by atoms with Gasteiger partial charge in [0.25, 0.3) is 5.56 Å². The summed E-state index contributed by atoms with van der Waals surface area (Å²) >= 11 is 6.25. The topological polar surface area (TPSA) is 120 Å². The van der Waals surface area contributed by atoms with Gasteiger partial charge in [0.1, 0.15) is 5.69 Å². The number of phenolic OH excluding ortho intramolecular Hbond substituents is 1. The van der Waals surface area contributed by atoms with E-state index in [2.05, 4.69) is 36.1 Å². The molecule has 1 heterocycles. The van der Waals surface area contributed by atoms with Crippen LogP contribution in [0, 0.1) is 6.92 Å². The van der Waals surface area contributed by atoms with E-state index in [0.29, 0.717) is 22.5 Å². The first-order valence-corrected chi connectivity index (χ1v) is 11.5. The number of H-pyrrole nitrogens is 1. The van der Waals surface area contributed by atoms with Crippen molar-refractivity contribution in [2.45, 2.75) is 33.1 Å². The third-order valence-electron chi connectivity index (χ3n) is 5.76. The Bertz CT molecular complexity index is 1540. The van der Waals surface area contributed by atoms with Gasteiger partial charge >= 0.3 is 5.97 Å². The van der Waals surface area contributed by atoms with Gasteiger partial charge in [-0.3, -0.25) is 9.89 Å². The van der Waals surface area contributed by atoms with Crippen molar-refractivity contribution in [2.24, 2.45) is 10.2 Å². The molecule has 0 fully saturated rings. The second kappa shape index (κ2) is 9.47. The summed E-state index contributed by atoms with van der Waals surface area (Å²) in [6, 6.07) is 16.7. The Morgan fingerprint density at radius 1 is 1.03 bits per heavy atom. The molecule has 0 saturated heterocycles. The van der Waals surface area contributed by atoms with Crippen LogP contribution >= 0.6 is 11.6 Å². The Balaban J connectivity index is 1.71. The van der Waals surface area contributed by atoms with E-state index in [0.717, 1.165) is 5.56 Å². The van der Waals surface area contributed by atoms with Gasteiger partial charge in [0, 0.05) is 10.6 Å². The molecule has 0 aliphatic carbocycles. The first-order valence-electron chi connectivity index (χ1n) is 11.2. The molecule has 0 bridgehead atoms. The fourth-order valence-electron chi connectivity index (χ4n) is 3.75. The predicted molar refractivity (Wildman–Crippen MR) is 140 cm³/mol. The van der Waals surface area contributed by atoms with Crippen LogP contribution in [0.15, 0.2) is 75.7 Å². The number of benzene rings is 3. The summed E-state index contributed by atoms with van der Waals surface area (Å²) in [5.74, 6) is -1.33. The number of carboxylic acids is 1. The van der Waals surface area contributed by atoms with Crippen molar-refractivity contribution in [1.82, 2.24) is 9.78 Å². The average molecular weight is 505 g/mol. The highest BCUT2D eigenvalue weighted by Gasteiger charge is 2.17. The van der Waals surface area contributed by atoms with E-state index in [9.17, 15) is 19.8 Å². The highest BCUT2D eigenvalue weighted by molar-refractivity contribution is 6.31. The highest BCUT2D eigenvalue weighted by Crippen LogP contribution is 2.41. The minimum absolute atomic E-state index is 0.0126. The third kappa shape index (κ3) is 4.94. The molecule has 0 atom stereocenters. The van der Waals surface area contributed by atoms with E-state index in [1.54, 1.807) is 19.1 Å². The van der Waals surface area contributed by atoms with Crippen molar-refractivity contribution in [3.63, 3.8) is 0 Å². The molecule has 0 aliphatic rings. The fraction of sp³-hybridized carbons (Fsp3) is 0.185. The molecule has 1 aromatic heterocycles. The molecule has 184 valence electrons. The van der Waals surface area contributed by atoms with Gasteiger partial charge in [-0.15, -0.1) is 10.2 Å². The Morgan fingerprint density at radius 3 is 2.36 bits per heavy atom. The van der Waals surface area contributed by atoms with Gasteiger partial charge in [0.15, 0.2) is 11.4 Å². The molecule has 4 aromatic rings. The van der Waals surface area contributed by atoms with Crippen molar-refractivity contribution in [2.75, 3.05) is 0 Å². The summed E-state index contributed by atoms with van der Waals surface area (Å²) in [5.41, 5.74) is 2.83. The normalized spacial score (nSPS) is 11.8. The second-order valence-electron chi connectivity index (χ2n) is 9.43. The molecule has 9 heteroatoms. The quantitative estimate of drug-likeness (QED) is 0.256. The molecule has 36 heavy (non-hydrogen) atoms. The number of aromatic nitrogens is 2. The van der Waals surface area contributed by atoms with Crippen LogP contribution in [0.3, 0.4) is 0 Å². The number of nitrogens with one attached hydrogen (secondary N) is 1. The van der Waals surface area contributed by atoms with Gasteiger partial charge in [0.05, 0.1) is 16.9 Å². The summed E-state index contributed by atoms with van der Waals surface area (Å²) in [7, 11) is 0. The predicted octanol–water partition coefficient (Wildman–Crippen LogP) is 6.91. The number of aromatic carboxylic acids is 1. The molecule has 0 unspecified atom stereocenters. The van der Waals surface area contributed by atoms with Gasteiger partial charge in [-0.1, -0.05) is 56.6 Å². The number of phenols is 1. The molecular formula is C27H25ClN4O4. The largest absolute Gasteiger partial charge is 0.505 e. The zero-order valence-corrected chi connectivity index (χ0v) is 21.0. The molecule has 3 N–H and O–H groups in total. The number of carboxylic acid groups (broad SMARTS) is 1. The minimum atomic E-state index is -1.09. The summed E-state index contributed by atoms with van der Waals surface area (Å²) < 4.78 is 1.39. The Morgan fingerprint density at radius 2 is 1.72 bits per heavy atom. The number of aromatic hydroxyl groups is 1. The summed E-state index contributed by atoms with van der Waals surface area (Å²) in [5, 5.41) is 31.6. The van der Waals surface area contributed by atoms with Crippen LogP contribution in [0.1, 0.15) is 42.4 Å². The van der Waals surface area contributed by atoms with Gasteiger partial charge < -0.3 is 10.2 Å². The van der Waals surface area contributed by atoms with E-state index in [4.69, 9.17) is 11.6 Å². The van der Waals surface area contributed by atoms with Crippen molar-refractivity contribution in [3.8, 4) is 22.6 Å². The summed E-state index contributed by atoms with van der Waals surface area (Å²) in [4.78, 5) is 24.4. The number of rotatable bonds is 5. The van der Waals surface area contributed by atoms with E-state index in [-0.39, 0.29) is 33.1 Å². The molecule has 0 saturated carbocycles. The molecule has 0 amide bonds. The second-order valence-corrected chi connectivity index (χ2v) is 9.87. The van der Waals surface area contributed by atoms with Crippen LogP contribution in [0.2, 0.25) is 5.02 Å². The van der Waals surface area contributed by atoms with Gasteiger partial charge in [-0.05, 0) is 59.9 Å². The summed E-state index contributed by atoms with van der Waals surface area (Å²) in [6.45, 7) is 8.05. The van der Waals surface area contributed by atoms with Gasteiger partial charge in [-0.25, -0.2) is 9.48 Å². The third-order valence-corrected chi connectivity index (χ3v) is 5.98. The van der Waals surface area contributed by atoms with Crippen LogP contribution in [0.25, 0.3) is 16.8 Å². The zero-order valence-electron chi connectivity index (χ0n) is 20.2. The number of aryl methyl sites for hydroxylation is 1. The van der Waals surface area contributed by atoms with Crippen LogP contribution in [-0.2, 0) is 5.41 Å². The van der Waals surface area contributed by atoms with Crippen molar-refractivity contribution < 1.29 is 15.0 Å². The lowest BCUT2D eigenvalue weighted by Crippen LogP contribution is -2.15. The minimum Gasteiger partial charge on any atom is -0.505 e. The maximum Gasteiger partial charge on any atom is 0.335 e. The first-order chi connectivity index (χ1) is 17.0. The number of aromatic amines is 1. The van der Waals surface area contributed by atoms with Crippen LogP contribution < -0.4 is 5.56 Å². The maximum absolute atomic E-state index is 13.1. The lowest BCUT2D eigenvalue weighted by molar-refractivity contribution is 0.0697. The molecule has 0 spiro atoms. The van der Waals surface area contributed by atoms with E-state index >= 15 is 0 Å². The van der Waals surface area contributed by atoms with Crippen LogP contribution in [0.4, 0.5) is 11.4 Å². The number of halogens is 1. The molecular weight excluding hydrogens is 480 g/mol. The van der Waals surface area contributed by atoms with Crippen molar-refractivity contribution in [1.29, 1.82) is 0 Å². The van der Waals surface area contributed by atoms with Gasteiger partial charge in [-0.2, -0.15) is 0 Å². The Labute approximate surface area is 212 Å². The number of carbonyl (C=O) groups is 1. The number of nitrogens with zero attached hydrogens (tertiary/aromatic N) is 3. The summed E-state index contributed by atoms with van der Waals surface area (Å²) in [6.07, 6.45) is 0. The molecule has 0 radical (unpaired) electrons. The highest BCUT2D eigenvalue weighted by atomic mass is 35.5. The van der Waals surface area contributed by atoms with Crippen LogP contribution in [-0.4, -0.2) is 26.0 Å². The van der Waals surface area contributed by atoms with Crippen molar-refractivity contribution in [3.05, 3.63) is 92.9 Å². The molecule has 8 nitrogen and oxygen atoms in total. The Kier molecular flexibility index (Phi) is 6.56. The molecule has 3 aromatic carbocycles. The van der Waals surface area contributed by atoms with E-state index in [1.165, 1.54) is 28.9 Å². The first kappa shape index (κ1) is 24.9. The maximum atomic E-state index is 13.1. The number of hydrogen-bond donors (Lipinski definition) is 3. The monoisotopic (exact) mass is 504 g/mol. The molecule has 4 rings (SSSR count). The number of azo groups is 1. The fourth-order valence-corrected chi connectivity index (χ4v) is 3.97. The van der Waals surface area contributed by atoms with E-state index in [1.807, 2.05) is 24.3 Å². The number of hydrogen-bond acceptors (Lipinski definition) is 5. The SMILES string of the molecule is Cc1[nH]n(-c2ccc(C(C)(C)C)cc2)c(=O)c1N=Nc1cc(Cl)cc(-c2cccc(C(=O)O)c2)c1O. The van der Waals surface area contributed by atoms with Gasteiger partial charge in [0.2, 0.25) is 0 Å². The van der Waals surface area contributed by atoms with Crippen LogP contribution in [0.5, 0.6) is 5.75 Å². The average Bonchev–Trinajstić information content (AvgIpc) is 3.12. The van der Waals surface area contributed by atoms with Crippen molar-refractivity contribution >= 4 is 28.9 Å². The lowest BCUT2D eigenvalue weighted by Gasteiger charge is -2.19. The molecule has 0 aliphatic heterocycles. The smallest absolute Gasteiger partial charge is 0.335 e. The lowest BCUT2D eigenvalue weighted by atomic mass is 9.87. The zero-order chi connectivity index (χ0) is 26.2. The Hall–Kier alpha value is -4.17. The standard InChI is InChI=1S/C27H25ClN4O4/c1-15-23(25(34)32(31-15)20-10-8-18(9-11-20)27(2,3)4)30-29-22-14-19(28)13-21(24(22)33)16-6-5-7-17(12-16)26(35)36/h5-14,31,33H,1-4H3,(H,35,36). The van der Waals surface area contributed by atoms with E-state index < -0.39 is 11.5 Å².